The molecule has 1 aromatic rings. The molecular weight excluding hydrogens is 306 g/mol. The summed E-state index contributed by atoms with van der Waals surface area (Å²) in [6, 6.07) is 9.46. The quantitative estimate of drug-likeness (QED) is 0.856. The van der Waals surface area contributed by atoms with Crippen molar-refractivity contribution in [2.24, 2.45) is 5.92 Å². The predicted molar refractivity (Wildman–Crippen MR) is 86.9 cm³/mol. The molecule has 2 aliphatic heterocycles. The summed E-state index contributed by atoms with van der Waals surface area (Å²) in [5.74, 6) is -0.228. The van der Waals surface area contributed by atoms with E-state index in [4.69, 9.17) is 0 Å². The normalized spacial score (nSPS) is 29.5. The zero-order valence-corrected chi connectivity index (χ0v) is 13.7. The number of hydrogen-bond acceptors (Lipinski definition) is 3. The van der Waals surface area contributed by atoms with E-state index in [0.29, 0.717) is 6.54 Å². The van der Waals surface area contributed by atoms with Crippen LogP contribution < -0.4 is 5.32 Å². The second-order valence-electron chi connectivity index (χ2n) is 7.10. The Morgan fingerprint density at radius 1 is 1.21 bits per heavy atom. The molecule has 2 heterocycles. The van der Waals surface area contributed by atoms with E-state index in [2.05, 4.69) is 5.32 Å². The highest BCUT2D eigenvalue weighted by molar-refractivity contribution is 6.09. The molecule has 6 nitrogen and oxygen atoms in total. The Bertz CT molecular complexity index is 701. The number of carbonyl (C=O) groups is 3. The number of rotatable bonds is 4. The summed E-state index contributed by atoms with van der Waals surface area (Å²) in [6.07, 6.45) is 2.81. The van der Waals surface area contributed by atoms with Crippen molar-refractivity contribution in [3.8, 4) is 0 Å². The van der Waals surface area contributed by atoms with Crippen molar-refractivity contribution in [1.82, 2.24) is 15.1 Å². The van der Waals surface area contributed by atoms with E-state index in [1.165, 1.54) is 0 Å². The lowest BCUT2D eigenvalue weighted by Crippen LogP contribution is -2.51. The molecule has 0 bridgehead atoms. The zero-order chi connectivity index (χ0) is 16.9. The highest BCUT2D eigenvalue weighted by Crippen LogP contribution is 2.42. The van der Waals surface area contributed by atoms with Crippen LogP contribution in [-0.4, -0.2) is 46.3 Å². The van der Waals surface area contributed by atoms with Crippen LogP contribution in [0.2, 0.25) is 0 Å². The molecule has 6 heteroatoms. The molecule has 0 unspecified atom stereocenters. The van der Waals surface area contributed by atoms with E-state index >= 15 is 0 Å². The Hall–Kier alpha value is -2.37. The van der Waals surface area contributed by atoms with Crippen molar-refractivity contribution in [3.05, 3.63) is 35.9 Å². The number of likely N-dealkylation sites (tertiary alicyclic amines) is 1. The van der Waals surface area contributed by atoms with Gasteiger partial charge in [-0.05, 0) is 37.7 Å². The van der Waals surface area contributed by atoms with Gasteiger partial charge in [-0.1, -0.05) is 30.3 Å². The van der Waals surface area contributed by atoms with Gasteiger partial charge in [0.1, 0.15) is 12.1 Å². The molecule has 0 radical (unpaired) electrons. The van der Waals surface area contributed by atoms with Crippen molar-refractivity contribution in [1.29, 1.82) is 0 Å². The van der Waals surface area contributed by atoms with E-state index in [0.717, 1.165) is 29.7 Å². The summed E-state index contributed by atoms with van der Waals surface area (Å²) in [4.78, 5) is 40.2. The minimum atomic E-state index is -0.828. The lowest BCUT2D eigenvalue weighted by molar-refractivity contribution is -0.144. The molecule has 2 saturated heterocycles. The average Bonchev–Trinajstić information content (AvgIpc) is 3.34. The van der Waals surface area contributed by atoms with Gasteiger partial charge in [0, 0.05) is 6.54 Å². The van der Waals surface area contributed by atoms with E-state index < -0.39 is 11.6 Å². The van der Waals surface area contributed by atoms with Crippen LogP contribution in [-0.2, 0) is 9.59 Å². The molecule has 0 aromatic heterocycles. The number of amides is 4. The van der Waals surface area contributed by atoms with Gasteiger partial charge in [0.2, 0.25) is 5.91 Å². The van der Waals surface area contributed by atoms with Gasteiger partial charge >= 0.3 is 6.03 Å². The molecule has 1 saturated carbocycles. The van der Waals surface area contributed by atoms with Crippen LogP contribution >= 0.6 is 0 Å². The molecule has 1 aromatic carbocycles. The maximum Gasteiger partial charge on any atom is 0.325 e. The Morgan fingerprint density at radius 2 is 1.92 bits per heavy atom. The molecule has 0 spiro atoms. The second-order valence-corrected chi connectivity index (χ2v) is 7.10. The molecule has 2 atom stereocenters. The topological polar surface area (TPSA) is 69.7 Å². The van der Waals surface area contributed by atoms with Crippen LogP contribution in [0.3, 0.4) is 0 Å². The number of hydrogen-bond donors (Lipinski definition) is 1. The first-order valence-electron chi connectivity index (χ1n) is 8.49. The Morgan fingerprint density at radius 3 is 2.50 bits per heavy atom. The summed E-state index contributed by atoms with van der Waals surface area (Å²) < 4.78 is 0. The largest absolute Gasteiger partial charge is 0.334 e. The van der Waals surface area contributed by atoms with Crippen LogP contribution in [0.25, 0.3) is 0 Å². The number of nitrogens with zero attached hydrogens (tertiary/aromatic N) is 2. The van der Waals surface area contributed by atoms with Crippen LogP contribution in [0.5, 0.6) is 0 Å². The standard InChI is InChI=1S/C18H21N3O3/c1-18(13-7-8-13)16(23)21(17(24)19-18)11-15(22)20-10-9-14(20)12-5-3-2-4-6-12/h2-6,13-14H,7-11H2,1H3,(H,19,24)/t14-,18+/m0/s1. The average molecular weight is 327 g/mol. The number of carbonyl (C=O) groups excluding carboxylic acids is 3. The van der Waals surface area contributed by atoms with Gasteiger partial charge < -0.3 is 10.2 Å². The smallest absolute Gasteiger partial charge is 0.325 e. The molecule has 4 amide bonds. The third-order valence-corrected chi connectivity index (χ3v) is 5.51. The number of nitrogens with one attached hydrogen (secondary N) is 1. The number of benzene rings is 1. The lowest BCUT2D eigenvalue weighted by atomic mass is 9.94. The van der Waals surface area contributed by atoms with E-state index in [1.807, 2.05) is 30.3 Å². The lowest BCUT2D eigenvalue weighted by Gasteiger charge is -2.41. The van der Waals surface area contributed by atoms with Crippen molar-refractivity contribution in [2.45, 2.75) is 37.8 Å². The highest BCUT2D eigenvalue weighted by atomic mass is 16.2. The summed E-state index contributed by atoms with van der Waals surface area (Å²) in [7, 11) is 0. The van der Waals surface area contributed by atoms with E-state index in [-0.39, 0.29) is 30.3 Å². The Kier molecular flexibility index (Phi) is 3.37. The summed E-state index contributed by atoms with van der Waals surface area (Å²) in [6.45, 7) is 2.27. The maximum absolute atomic E-state index is 12.6. The SMILES string of the molecule is C[C@]1(C2CC2)NC(=O)N(CC(=O)N2CC[C@H]2c2ccccc2)C1=O. The first-order valence-corrected chi connectivity index (χ1v) is 8.49. The minimum Gasteiger partial charge on any atom is -0.334 e. The van der Waals surface area contributed by atoms with E-state index in [1.54, 1.807) is 11.8 Å². The zero-order valence-electron chi connectivity index (χ0n) is 13.7. The van der Waals surface area contributed by atoms with Crippen LogP contribution in [0.1, 0.15) is 37.8 Å². The molecule has 4 rings (SSSR count). The van der Waals surface area contributed by atoms with Crippen molar-refractivity contribution in [3.63, 3.8) is 0 Å². The molecule has 3 aliphatic rings. The van der Waals surface area contributed by atoms with Crippen molar-refractivity contribution >= 4 is 17.8 Å². The molecule has 24 heavy (non-hydrogen) atoms. The summed E-state index contributed by atoms with van der Waals surface area (Å²) >= 11 is 0. The Balaban J connectivity index is 1.45. The number of imide groups is 1. The molecule has 126 valence electrons. The predicted octanol–water partition coefficient (Wildman–Crippen LogP) is 1.68. The first-order chi connectivity index (χ1) is 11.5. The second kappa shape index (κ2) is 5.33. The van der Waals surface area contributed by atoms with Crippen LogP contribution in [0.4, 0.5) is 4.79 Å². The maximum atomic E-state index is 12.6. The van der Waals surface area contributed by atoms with Crippen molar-refractivity contribution in [2.75, 3.05) is 13.1 Å². The Labute approximate surface area is 140 Å². The highest BCUT2D eigenvalue weighted by Gasteiger charge is 2.56. The molecule has 3 fully saturated rings. The fourth-order valence-electron chi connectivity index (χ4n) is 3.73. The van der Waals surface area contributed by atoms with Gasteiger partial charge in [-0.2, -0.15) is 0 Å². The minimum absolute atomic E-state index is 0.0503. The summed E-state index contributed by atoms with van der Waals surface area (Å²) in [5, 5.41) is 2.78. The third kappa shape index (κ3) is 2.28. The van der Waals surface area contributed by atoms with Crippen LogP contribution in [0, 0.1) is 5.92 Å². The van der Waals surface area contributed by atoms with Gasteiger partial charge in [0.25, 0.3) is 5.91 Å². The van der Waals surface area contributed by atoms with Gasteiger partial charge in [-0.25, -0.2) is 4.79 Å². The van der Waals surface area contributed by atoms with Gasteiger partial charge in [-0.3, -0.25) is 14.5 Å². The van der Waals surface area contributed by atoms with Crippen LogP contribution in [0.15, 0.2) is 30.3 Å². The van der Waals surface area contributed by atoms with E-state index in [9.17, 15) is 14.4 Å². The monoisotopic (exact) mass is 327 g/mol. The molecule has 1 N–H and O–H groups in total. The fraction of sp³-hybridized carbons (Fsp3) is 0.500. The van der Waals surface area contributed by atoms with Gasteiger partial charge in [-0.15, -0.1) is 0 Å². The third-order valence-electron chi connectivity index (χ3n) is 5.51. The summed E-state index contributed by atoms with van der Waals surface area (Å²) in [5.41, 5.74) is 0.266. The molecule has 1 aliphatic carbocycles. The van der Waals surface area contributed by atoms with Crippen molar-refractivity contribution < 1.29 is 14.4 Å². The first kappa shape index (κ1) is 15.2. The van der Waals surface area contributed by atoms with Gasteiger partial charge in [0.05, 0.1) is 6.04 Å². The fourth-order valence-corrected chi connectivity index (χ4v) is 3.73. The molecular formula is C18H21N3O3. The van der Waals surface area contributed by atoms with Gasteiger partial charge in [0.15, 0.2) is 0 Å². The number of urea groups is 1.